The first-order valence-corrected chi connectivity index (χ1v) is 9.05. The Morgan fingerprint density at radius 1 is 1.09 bits per heavy atom. The van der Waals surface area contributed by atoms with Crippen molar-refractivity contribution in [1.29, 1.82) is 0 Å². The van der Waals surface area contributed by atoms with Gasteiger partial charge in [-0.15, -0.1) is 0 Å². The highest BCUT2D eigenvalue weighted by Gasteiger charge is 2.30. The van der Waals surface area contributed by atoms with Gasteiger partial charge in [-0.1, -0.05) is 18.2 Å². The van der Waals surface area contributed by atoms with Crippen LogP contribution in [0.15, 0.2) is 24.3 Å². The van der Waals surface area contributed by atoms with Crippen LogP contribution in [0, 0.1) is 6.92 Å². The molecule has 4 nitrogen and oxygen atoms in total. The standard InChI is InChI=1S/C19H30N2O2/c1-16-6-2-3-9-19(16)23-13-12-20-10-4-7-17(20)14-21-11-5-8-18(21)15-22/h2-3,6,9,17-18,22H,4-5,7-8,10-15H2,1H3. The van der Waals surface area contributed by atoms with Gasteiger partial charge in [0.15, 0.2) is 0 Å². The van der Waals surface area contributed by atoms with Crippen molar-refractivity contribution in [1.82, 2.24) is 9.80 Å². The third-order valence-corrected chi connectivity index (χ3v) is 5.38. The number of hydrogen-bond acceptors (Lipinski definition) is 4. The molecule has 23 heavy (non-hydrogen) atoms. The second kappa shape index (κ2) is 8.13. The Labute approximate surface area is 140 Å². The van der Waals surface area contributed by atoms with Crippen LogP contribution in [0.4, 0.5) is 0 Å². The quantitative estimate of drug-likeness (QED) is 0.837. The van der Waals surface area contributed by atoms with Gasteiger partial charge in [0.1, 0.15) is 12.4 Å². The van der Waals surface area contributed by atoms with Gasteiger partial charge in [-0.3, -0.25) is 9.80 Å². The number of aliphatic hydroxyl groups excluding tert-OH is 1. The largest absolute Gasteiger partial charge is 0.492 e. The zero-order valence-corrected chi connectivity index (χ0v) is 14.3. The zero-order chi connectivity index (χ0) is 16.1. The highest BCUT2D eigenvalue weighted by molar-refractivity contribution is 5.31. The van der Waals surface area contributed by atoms with Crippen LogP contribution < -0.4 is 4.74 Å². The van der Waals surface area contributed by atoms with Crippen LogP contribution in [0.5, 0.6) is 5.75 Å². The van der Waals surface area contributed by atoms with E-state index < -0.39 is 0 Å². The van der Waals surface area contributed by atoms with Gasteiger partial charge in [0.2, 0.25) is 0 Å². The Hall–Kier alpha value is -1.10. The van der Waals surface area contributed by atoms with Gasteiger partial charge in [-0.2, -0.15) is 0 Å². The summed E-state index contributed by atoms with van der Waals surface area (Å²) in [7, 11) is 0. The summed E-state index contributed by atoms with van der Waals surface area (Å²) in [5.41, 5.74) is 1.20. The van der Waals surface area contributed by atoms with E-state index in [-0.39, 0.29) is 0 Å². The molecule has 1 aromatic rings. The Bertz CT molecular complexity index is 494. The summed E-state index contributed by atoms with van der Waals surface area (Å²) < 4.78 is 5.96. The second-order valence-electron chi connectivity index (χ2n) is 6.92. The molecule has 0 saturated carbocycles. The number of rotatable bonds is 7. The molecule has 0 aromatic heterocycles. The average Bonchev–Trinajstić information content (AvgIpc) is 3.19. The van der Waals surface area contributed by atoms with Crippen LogP contribution in [-0.2, 0) is 0 Å². The average molecular weight is 318 g/mol. The molecule has 1 N–H and O–H groups in total. The van der Waals surface area contributed by atoms with E-state index in [2.05, 4.69) is 22.8 Å². The highest BCUT2D eigenvalue weighted by atomic mass is 16.5. The van der Waals surface area contributed by atoms with Crippen molar-refractivity contribution in [3.05, 3.63) is 29.8 Å². The normalized spacial score (nSPS) is 26.0. The monoisotopic (exact) mass is 318 g/mol. The summed E-state index contributed by atoms with van der Waals surface area (Å²) in [6, 6.07) is 9.24. The maximum atomic E-state index is 9.49. The predicted octanol–water partition coefficient (Wildman–Crippen LogP) is 2.29. The summed E-state index contributed by atoms with van der Waals surface area (Å²) in [4.78, 5) is 5.07. The molecule has 0 radical (unpaired) electrons. The van der Waals surface area contributed by atoms with Crippen molar-refractivity contribution >= 4 is 0 Å². The van der Waals surface area contributed by atoms with E-state index in [1.54, 1.807) is 0 Å². The van der Waals surface area contributed by atoms with Crippen LogP contribution in [0.1, 0.15) is 31.2 Å². The van der Waals surface area contributed by atoms with Crippen molar-refractivity contribution in [2.75, 3.05) is 39.4 Å². The zero-order valence-electron chi connectivity index (χ0n) is 14.3. The van der Waals surface area contributed by atoms with Crippen LogP contribution in [0.2, 0.25) is 0 Å². The van der Waals surface area contributed by atoms with Gasteiger partial charge in [0, 0.05) is 25.2 Å². The summed E-state index contributed by atoms with van der Waals surface area (Å²) in [5, 5.41) is 9.49. The van der Waals surface area contributed by atoms with Gasteiger partial charge >= 0.3 is 0 Å². The van der Waals surface area contributed by atoms with Gasteiger partial charge in [-0.05, 0) is 57.3 Å². The minimum Gasteiger partial charge on any atom is -0.492 e. The number of aliphatic hydroxyl groups is 1. The predicted molar refractivity (Wildman–Crippen MR) is 92.9 cm³/mol. The lowest BCUT2D eigenvalue weighted by molar-refractivity contribution is 0.115. The van der Waals surface area contributed by atoms with Crippen LogP contribution in [0.25, 0.3) is 0 Å². The van der Waals surface area contributed by atoms with E-state index in [0.717, 1.165) is 38.4 Å². The number of hydrogen-bond donors (Lipinski definition) is 1. The third-order valence-electron chi connectivity index (χ3n) is 5.38. The van der Waals surface area contributed by atoms with E-state index in [4.69, 9.17) is 4.74 Å². The van der Waals surface area contributed by atoms with Crippen molar-refractivity contribution in [2.45, 2.75) is 44.7 Å². The van der Waals surface area contributed by atoms with Crippen molar-refractivity contribution < 1.29 is 9.84 Å². The summed E-state index contributed by atoms with van der Waals surface area (Å²) in [6.07, 6.45) is 4.94. The van der Waals surface area contributed by atoms with Crippen molar-refractivity contribution in [3.8, 4) is 5.75 Å². The van der Waals surface area contributed by atoms with Gasteiger partial charge < -0.3 is 9.84 Å². The van der Waals surface area contributed by atoms with E-state index in [1.807, 2.05) is 18.2 Å². The molecular weight excluding hydrogens is 288 g/mol. The maximum Gasteiger partial charge on any atom is 0.122 e. The number of aryl methyl sites for hydroxylation is 1. The first kappa shape index (κ1) is 16.7. The molecule has 4 heteroatoms. The number of benzene rings is 1. The number of nitrogens with zero attached hydrogens (tertiary/aromatic N) is 2. The highest BCUT2D eigenvalue weighted by Crippen LogP contribution is 2.23. The smallest absolute Gasteiger partial charge is 0.122 e. The molecule has 0 amide bonds. The first-order chi connectivity index (χ1) is 11.3. The van der Waals surface area contributed by atoms with E-state index >= 15 is 0 Å². The summed E-state index contributed by atoms with van der Waals surface area (Å²) in [6.45, 7) is 7.59. The fourth-order valence-electron chi connectivity index (χ4n) is 4.00. The molecule has 2 aliphatic heterocycles. The molecule has 0 aliphatic carbocycles. The second-order valence-corrected chi connectivity index (χ2v) is 6.92. The number of ether oxygens (including phenoxy) is 1. The molecule has 1 aromatic carbocycles. The van der Waals surface area contributed by atoms with Crippen molar-refractivity contribution in [2.24, 2.45) is 0 Å². The van der Waals surface area contributed by atoms with Crippen molar-refractivity contribution in [3.63, 3.8) is 0 Å². The topological polar surface area (TPSA) is 35.9 Å². The Morgan fingerprint density at radius 2 is 1.83 bits per heavy atom. The molecule has 2 heterocycles. The van der Waals surface area contributed by atoms with E-state index in [1.165, 1.54) is 31.4 Å². The molecular formula is C19H30N2O2. The molecule has 2 aliphatic rings. The minimum atomic E-state index is 0.309. The molecule has 2 saturated heterocycles. The molecule has 0 spiro atoms. The molecule has 128 valence electrons. The molecule has 0 bridgehead atoms. The van der Waals surface area contributed by atoms with Crippen LogP contribution >= 0.6 is 0 Å². The van der Waals surface area contributed by atoms with E-state index in [0.29, 0.717) is 18.7 Å². The van der Waals surface area contributed by atoms with Crippen LogP contribution in [0.3, 0.4) is 0 Å². The Kier molecular flexibility index (Phi) is 5.92. The lowest BCUT2D eigenvalue weighted by Gasteiger charge is -2.31. The van der Waals surface area contributed by atoms with Gasteiger partial charge in [-0.25, -0.2) is 0 Å². The maximum absolute atomic E-state index is 9.49. The summed E-state index contributed by atoms with van der Waals surface area (Å²) in [5.74, 6) is 1.00. The molecule has 3 rings (SSSR count). The number of para-hydroxylation sites is 1. The molecule has 2 fully saturated rings. The molecule has 2 unspecified atom stereocenters. The Morgan fingerprint density at radius 3 is 2.61 bits per heavy atom. The Balaban J connectivity index is 1.46. The minimum absolute atomic E-state index is 0.309. The van der Waals surface area contributed by atoms with Crippen LogP contribution in [-0.4, -0.2) is 66.4 Å². The fourth-order valence-corrected chi connectivity index (χ4v) is 4.00. The number of likely N-dealkylation sites (tertiary alicyclic amines) is 2. The lowest BCUT2D eigenvalue weighted by atomic mass is 10.2. The molecule has 2 atom stereocenters. The first-order valence-electron chi connectivity index (χ1n) is 9.05. The lowest BCUT2D eigenvalue weighted by Crippen LogP contribution is -2.44. The van der Waals surface area contributed by atoms with Gasteiger partial charge in [0.05, 0.1) is 6.61 Å². The fraction of sp³-hybridized carbons (Fsp3) is 0.684. The van der Waals surface area contributed by atoms with E-state index in [9.17, 15) is 5.11 Å². The summed E-state index contributed by atoms with van der Waals surface area (Å²) >= 11 is 0. The SMILES string of the molecule is Cc1ccccc1OCCN1CCCC1CN1CCCC1CO. The third kappa shape index (κ3) is 4.25. The van der Waals surface area contributed by atoms with Gasteiger partial charge in [0.25, 0.3) is 0 Å².